The van der Waals surface area contributed by atoms with Gasteiger partial charge in [-0.25, -0.2) is 9.59 Å². The van der Waals surface area contributed by atoms with Crippen LogP contribution in [0.4, 0.5) is 0 Å². The topological polar surface area (TPSA) is 72.8 Å². The fourth-order valence-electron chi connectivity index (χ4n) is 3.20. The molecule has 5 heteroatoms. The van der Waals surface area contributed by atoms with E-state index in [0.29, 0.717) is 5.75 Å². The lowest BCUT2D eigenvalue weighted by Gasteiger charge is -2.11. The monoisotopic (exact) mass is 424 g/mol. The number of aromatic carboxylic acids is 1. The zero-order valence-electron chi connectivity index (χ0n) is 17.1. The molecule has 0 fully saturated rings. The smallest absolute Gasteiger partial charge is 0.343 e. The van der Waals surface area contributed by atoms with E-state index in [4.69, 9.17) is 9.47 Å². The molecule has 4 aromatic carbocycles. The van der Waals surface area contributed by atoms with Crippen LogP contribution in [0.2, 0.25) is 0 Å². The molecule has 4 rings (SSSR count). The molecule has 0 radical (unpaired) electrons. The number of hydrogen-bond acceptors (Lipinski definition) is 4. The molecule has 0 atom stereocenters. The van der Waals surface area contributed by atoms with Crippen LogP contribution in [0.3, 0.4) is 0 Å². The summed E-state index contributed by atoms with van der Waals surface area (Å²) in [5.74, 6) is -1.18. The zero-order valence-corrected chi connectivity index (χ0v) is 17.1. The van der Waals surface area contributed by atoms with E-state index in [-0.39, 0.29) is 23.5 Å². The highest BCUT2D eigenvalue weighted by Crippen LogP contribution is 2.25. The number of benzene rings is 4. The van der Waals surface area contributed by atoms with Crippen LogP contribution >= 0.6 is 0 Å². The Balaban J connectivity index is 1.55. The van der Waals surface area contributed by atoms with Gasteiger partial charge in [0.2, 0.25) is 0 Å². The molecule has 0 bridgehead atoms. The van der Waals surface area contributed by atoms with Gasteiger partial charge in [-0.3, -0.25) is 0 Å². The standard InChI is InChI=1S/C27H20O5/c28-26(29)22-14-23(17-25(16-22)31-18-19-8-3-1-4-9-19)27(30)32-24-13-7-12-21(15-24)20-10-5-2-6-11-20/h1-17H,18H2,(H,28,29). The number of carboxylic acid groups (broad SMARTS) is 1. The molecule has 0 aliphatic rings. The number of ether oxygens (including phenoxy) is 2. The van der Waals surface area contributed by atoms with Crippen molar-refractivity contribution in [3.8, 4) is 22.6 Å². The minimum Gasteiger partial charge on any atom is -0.489 e. The van der Waals surface area contributed by atoms with Crippen LogP contribution in [0.5, 0.6) is 11.5 Å². The van der Waals surface area contributed by atoms with Gasteiger partial charge in [0.1, 0.15) is 18.1 Å². The van der Waals surface area contributed by atoms with Gasteiger partial charge in [-0.1, -0.05) is 72.8 Å². The second kappa shape index (κ2) is 9.62. The Morgan fingerprint density at radius 3 is 2.03 bits per heavy atom. The van der Waals surface area contributed by atoms with Crippen molar-refractivity contribution in [1.29, 1.82) is 0 Å². The van der Waals surface area contributed by atoms with E-state index in [9.17, 15) is 14.7 Å². The summed E-state index contributed by atoms with van der Waals surface area (Å²) in [6.45, 7) is 0.248. The minimum absolute atomic E-state index is 0.0550. The largest absolute Gasteiger partial charge is 0.489 e. The molecule has 0 saturated heterocycles. The summed E-state index contributed by atoms with van der Waals surface area (Å²) in [5, 5.41) is 9.45. The van der Waals surface area contributed by atoms with E-state index in [1.54, 1.807) is 18.2 Å². The van der Waals surface area contributed by atoms with Crippen LogP contribution in [0.15, 0.2) is 103 Å². The van der Waals surface area contributed by atoms with Crippen LogP contribution < -0.4 is 9.47 Å². The van der Waals surface area contributed by atoms with E-state index in [1.807, 2.05) is 66.7 Å². The van der Waals surface area contributed by atoms with Crippen LogP contribution in [0.25, 0.3) is 11.1 Å². The Morgan fingerprint density at radius 2 is 1.31 bits per heavy atom. The van der Waals surface area contributed by atoms with E-state index in [1.165, 1.54) is 18.2 Å². The summed E-state index contributed by atoms with van der Waals surface area (Å²) in [6.07, 6.45) is 0. The Hall–Kier alpha value is -4.38. The summed E-state index contributed by atoms with van der Waals surface area (Å²) < 4.78 is 11.3. The second-order valence-electron chi connectivity index (χ2n) is 7.11. The van der Waals surface area contributed by atoms with Gasteiger partial charge in [-0.15, -0.1) is 0 Å². The molecular weight excluding hydrogens is 404 g/mol. The Morgan fingerprint density at radius 1 is 0.656 bits per heavy atom. The maximum Gasteiger partial charge on any atom is 0.343 e. The third-order valence-corrected chi connectivity index (χ3v) is 4.79. The fraction of sp³-hybridized carbons (Fsp3) is 0.0370. The second-order valence-corrected chi connectivity index (χ2v) is 7.11. The molecule has 0 aromatic heterocycles. The first-order chi connectivity index (χ1) is 15.6. The lowest BCUT2D eigenvalue weighted by molar-refractivity contribution is 0.0696. The Kier molecular flexibility index (Phi) is 6.28. The first kappa shape index (κ1) is 20.9. The Bertz CT molecular complexity index is 1230. The first-order valence-electron chi connectivity index (χ1n) is 10.0. The van der Waals surface area contributed by atoms with Gasteiger partial charge in [-0.2, -0.15) is 0 Å². The van der Waals surface area contributed by atoms with Gasteiger partial charge in [0.15, 0.2) is 0 Å². The molecule has 0 spiro atoms. The molecule has 0 amide bonds. The molecule has 0 aliphatic heterocycles. The number of hydrogen-bond donors (Lipinski definition) is 1. The average molecular weight is 424 g/mol. The zero-order chi connectivity index (χ0) is 22.3. The van der Waals surface area contributed by atoms with Gasteiger partial charge in [0.25, 0.3) is 0 Å². The van der Waals surface area contributed by atoms with Crippen molar-refractivity contribution in [3.63, 3.8) is 0 Å². The maximum absolute atomic E-state index is 12.8. The van der Waals surface area contributed by atoms with Crippen molar-refractivity contribution >= 4 is 11.9 Å². The predicted octanol–water partition coefficient (Wildman–Crippen LogP) is 5.85. The molecular formula is C27H20O5. The average Bonchev–Trinajstić information content (AvgIpc) is 2.84. The predicted molar refractivity (Wildman–Crippen MR) is 121 cm³/mol. The number of rotatable bonds is 7. The normalized spacial score (nSPS) is 10.4. The fourth-order valence-corrected chi connectivity index (χ4v) is 3.20. The minimum atomic E-state index is -1.16. The number of esters is 1. The first-order valence-corrected chi connectivity index (χ1v) is 10.0. The van der Waals surface area contributed by atoms with Gasteiger partial charge in [0, 0.05) is 0 Å². The van der Waals surface area contributed by atoms with Gasteiger partial charge in [-0.05, 0) is 47.0 Å². The molecule has 4 aromatic rings. The molecule has 158 valence electrons. The number of carboxylic acids is 1. The van der Waals surface area contributed by atoms with Crippen molar-refractivity contribution in [2.45, 2.75) is 6.61 Å². The van der Waals surface area contributed by atoms with Gasteiger partial charge >= 0.3 is 11.9 Å². The highest BCUT2D eigenvalue weighted by molar-refractivity contribution is 5.96. The van der Waals surface area contributed by atoms with Crippen molar-refractivity contribution < 1.29 is 24.2 Å². The van der Waals surface area contributed by atoms with E-state index >= 15 is 0 Å². The molecule has 0 aliphatic carbocycles. The third-order valence-electron chi connectivity index (χ3n) is 4.79. The summed E-state index contributed by atoms with van der Waals surface area (Å²) in [5.41, 5.74) is 2.87. The summed E-state index contributed by atoms with van der Waals surface area (Å²) in [6, 6.07) is 30.5. The van der Waals surface area contributed by atoms with Crippen LogP contribution in [0.1, 0.15) is 26.3 Å². The molecule has 0 heterocycles. The van der Waals surface area contributed by atoms with Gasteiger partial charge in [0.05, 0.1) is 11.1 Å². The molecule has 0 saturated carbocycles. The maximum atomic E-state index is 12.8. The molecule has 0 unspecified atom stereocenters. The molecule has 1 N–H and O–H groups in total. The lowest BCUT2D eigenvalue weighted by atomic mass is 10.1. The van der Waals surface area contributed by atoms with Crippen molar-refractivity contribution in [2.75, 3.05) is 0 Å². The SMILES string of the molecule is O=C(O)c1cc(OCc2ccccc2)cc(C(=O)Oc2cccc(-c3ccccc3)c2)c1. The highest BCUT2D eigenvalue weighted by atomic mass is 16.5. The van der Waals surface area contributed by atoms with Crippen molar-refractivity contribution in [1.82, 2.24) is 0 Å². The number of carbonyl (C=O) groups excluding carboxylic acids is 1. The van der Waals surface area contributed by atoms with Crippen LogP contribution in [0, 0.1) is 0 Å². The van der Waals surface area contributed by atoms with Crippen molar-refractivity contribution in [3.05, 3.63) is 120 Å². The highest BCUT2D eigenvalue weighted by Gasteiger charge is 2.15. The van der Waals surface area contributed by atoms with Crippen LogP contribution in [-0.4, -0.2) is 17.0 Å². The van der Waals surface area contributed by atoms with Crippen LogP contribution in [-0.2, 0) is 6.61 Å². The van der Waals surface area contributed by atoms with Gasteiger partial charge < -0.3 is 14.6 Å². The summed E-state index contributed by atoms with van der Waals surface area (Å²) in [7, 11) is 0. The lowest BCUT2D eigenvalue weighted by Crippen LogP contribution is -2.11. The van der Waals surface area contributed by atoms with E-state index in [2.05, 4.69) is 0 Å². The van der Waals surface area contributed by atoms with Crippen molar-refractivity contribution in [2.24, 2.45) is 0 Å². The van der Waals surface area contributed by atoms with E-state index in [0.717, 1.165) is 16.7 Å². The third kappa shape index (κ3) is 5.21. The Labute approximate surface area is 185 Å². The summed E-state index contributed by atoms with van der Waals surface area (Å²) in [4.78, 5) is 24.3. The number of carbonyl (C=O) groups is 2. The summed E-state index contributed by atoms with van der Waals surface area (Å²) >= 11 is 0. The van der Waals surface area contributed by atoms with E-state index < -0.39 is 11.9 Å². The quantitative estimate of drug-likeness (QED) is 0.298. The molecule has 32 heavy (non-hydrogen) atoms. The molecule has 5 nitrogen and oxygen atoms in total.